The van der Waals surface area contributed by atoms with Crippen molar-refractivity contribution in [2.24, 2.45) is 21.5 Å². The number of nitrogens with one attached hydrogen (secondary N) is 2. The highest BCUT2D eigenvalue weighted by Gasteiger charge is 1.97. The van der Waals surface area contributed by atoms with Crippen LogP contribution in [-0.4, -0.2) is 11.9 Å². The third-order valence-corrected chi connectivity index (χ3v) is 4.30. The van der Waals surface area contributed by atoms with E-state index in [0.717, 1.165) is 18.3 Å². The summed E-state index contributed by atoms with van der Waals surface area (Å²) in [7, 11) is 0. The number of hydrogen-bond donors (Lipinski definition) is 4. The molecule has 0 unspecified atom stereocenters. The maximum Gasteiger partial charge on any atom is 0.208 e. The van der Waals surface area contributed by atoms with E-state index in [1.54, 1.807) is 0 Å². The van der Waals surface area contributed by atoms with E-state index in [-0.39, 0.29) is 11.9 Å². The molecule has 6 nitrogen and oxygen atoms in total. The normalized spacial score (nSPS) is 12.1. The fourth-order valence-electron chi connectivity index (χ4n) is 1.83. The summed E-state index contributed by atoms with van der Waals surface area (Å²) in [5, 5.41) is 0. The Morgan fingerprint density at radius 2 is 1.21 bits per heavy atom. The number of rotatable bonds is 4. The van der Waals surface area contributed by atoms with Crippen molar-refractivity contribution < 1.29 is 0 Å². The van der Waals surface area contributed by atoms with Gasteiger partial charge in [0, 0.05) is 7.14 Å². The summed E-state index contributed by atoms with van der Waals surface area (Å²) in [6.07, 6.45) is 0. The Bertz CT molecular complexity index is 681. The third-order valence-electron chi connectivity index (χ3n) is 2.96. The van der Waals surface area contributed by atoms with Crippen molar-refractivity contribution in [3.63, 3.8) is 0 Å². The number of nitrogens with two attached hydrogens (primary N) is 2. The summed E-state index contributed by atoms with van der Waals surface area (Å²) < 4.78 is 2.33. The fraction of sp³-hybridized carbons (Fsp3) is 0.125. The maximum absolute atomic E-state index is 5.80. The van der Waals surface area contributed by atoms with Crippen molar-refractivity contribution in [2.75, 3.05) is 0 Å². The summed E-state index contributed by atoms with van der Waals surface area (Å²) >= 11 is 4.53. The summed E-state index contributed by atoms with van der Waals surface area (Å²) in [6, 6.07) is 16.2. The van der Waals surface area contributed by atoms with Crippen LogP contribution in [0.5, 0.6) is 0 Å². The standard InChI is InChI=1S/C16H18I2N6/c17-13-5-1-3-11(7-13)9-21-15(19)23-24-16(20)22-10-12-4-2-6-14(18)8-12/h1-8H,9-10H2,(H3,19,21,23)(H3,20,22,24). The number of benzene rings is 2. The van der Waals surface area contributed by atoms with E-state index in [1.807, 2.05) is 36.4 Å². The molecule has 0 amide bonds. The first-order valence-corrected chi connectivity index (χ1v) is 9.29. The molecule has 0 aliphatic heterocycles. The van der Waals surface area contributed by atoms with Crippen molar-refractivity contribution >= 4 is 57.1 Å². The first-order valence-electron chi connectivity index (χ1n) is 7.13. The van der Waals surface area contributed by atoms with Gasteiger partial charge in [0.25, 0.3) is 0 Å². The molecule has 0 aliphatic rings. The molecule has 0 radical (unpaired) electrons. The average Bonchev–Trinajstić information content (AvgIpc) is 2.56. The Kier molecular flexibility index (Phi) is 7.56. The molecule has 8 heteroatoms. The molecule has 24 heavy (non-hydrogen) atoms. The van der Waals surface area contributed by atoms with Crippen LogP contribution < -0.4 is 22.3 Å². The first kappa shape index (κ1) is 18.8. The Morgan fingerprint density at radius 1 is 0.792 bits per heavy atom. The molecule has 0 atom stereocenters. The predicted molar refractivity (Wildman–Crippen MR) is 115 cm³/mol. The van der Waals surface area contributed by atoms with E-state index in [2.05, 4.69) is 78.2 Å². The Labute approximate surface area is 168 Å². The van der Waals surface area contributed by atoms with Gasteiger partial charge in [-0.2, -0.15) is 0 Å². The minimum atomic E-state index is 0.251. The van der Waals surface area contributed by atoms with Crippen LogP contribution in [0.2, 0.25) is 0 Å². The molecular formula is C16H18I2N6. The van der Waals surface area contributed by atoms with Crippen LogP contribution in [0.15, 0.2) is 58.5 Å². The zero-order valence-corrected chi connectivity index (χ0v) is 17.2. The summed E-state index contributed by atoms with van der Waals surface area (Å²) in [5.41, 5.74) is 19.2. The van der Waals surface area contributed by atoms with Crippen molar-refractivity contribution in [1.82, 2.24) is 10.9 Å². The number of hydrazine groups is 1. The minimum Gasteiger partial charge on any atom is -0.369 e. The molecule has 2 rings (SSSR count). The van der Waals surface area contributed by atoms with Crippen molar-refractivity contribution in [3.05, 3.63) is 66.8 Å². The van der Waals surface area contributed by atoms with Gasteiger partial charge in [0.05, 0.1) is 13.1 Å². The van der Waals surface area contributed by atoms with Gasteiger partial charge in [-0.3, -0.25) is 10.9 Å². The van der Waals surface area contributed by atoms with Crippen LogP contribution in [0.1, 0.15) is 11.1 Å². The monoisotopic (exact) mass is 548 g/mol. The van der Waals surface area contributed by atoms with Crippen LogP contribution in [0, 0.1) is 7.14 Å². The highest BCUT2D eigenvalue weighted by molar-refractivity contribution is 14.1. The molecule has 0 saturated heterocycles. The third kappa shape index (κ3) is 6.91. The summed E-state index contributed by atoms with van der Waals surface area (Å²) in [5.74, 6) is 0.502. The van der Waals surface area contributed by atoms with Gasteiger partial charge in [0.2, 0.25) is 11.9 Å². The van der Waals surface area contributed by atoms with Crippen molar-refractivity contribution in [1.29, 1.82) is 0 Å². The Hall–Kier alpha value is -1.56. The van der Waals surface area contributed by atoms with Crippen LogP contribution >= 0.6 is 45.2 Å². The van der Waals surface area contributed by atoms with Gasteiger partial charge in [-0.25, -0.2) is 9.98 Å². The predicted octanol–water partition coefficient (Wildman–Crippen LogP) is 2.32. The largest absolute Gasteiger partial charge is 0.369 e. The van der Waals surface area contributed by atoms with Crippen molar-refractivity contribution in [2.45, 2.75) is 13.1 Å². The fourth-order valence-corrected chi connectivity index (χ4v) is 3.05. The lowest BCUT2D eigenvalue weighted by Gasteiger charge is -2.08. The maximum atomic E-state index is 5.80. The van der Waals surface area contributed by atoms with Gasteiger partial charge in [-0.05, 0) is 80.6 Å². The molecule has 0 spiro atoms. The van der Waals surface area contributed by atoms with Crippen LogP contribution in [0.25, 0.3) is 0 Å². The second kappa shape index (κ2) is 9.67. The summed E-state index contributed by atoms with van der Waals surface area (Å²) in [4.78, 5) is 8.49. The highest BCUT2D eigenvalue weighted by atomic mass is 127. The van der Waals surface area contributed by atoms with Gasteiger partial charge in [0.15, 0.2) is 0 Å². The first-order chi connectivity index (χ1) is 11.5. The number of aliphatic imine (C=N–C) groups is 2. The molecule has 2 aromatic carbocycles. The lowest BCUT2D eigenvalue weighted by molar-refractivity contribution is 0.821. The van der Waals surface area contributed by atoms with E-state index in [0.29, 0.717) is 13.1 Å². The molecular weight excluding hydrogens is 530 g/mol. The Balaban J connectivity index is 1.80. The lowest BCUT2D eigenvalue weighted by Crippen LogP contribution is -2.48. The Morgan fingerprint density at radius 3 is 1.58 bits per heavy atom. The zero-order chi connectivity index (χ0) is 17.4. The van der Waals surface area contributed by atoms with E-state index < -0.39 is 0 Å². The number of guanidine groups is 2. The quantitative estimate of drug-likeness (QED) is 0.204. The topological polar surface area (TPSA) is 101 Å². The molecule has 0 fully saturated rings. The number of halogens is 2. The van der Waals surface area contributed by atoms with Gasteiger partial charge in [-0.1, -0.05) is 24.3 Å². The zero-order valence-electron chi connectivity index (χ0n) is 12.8. The van der Waals surface area contributed by atoms with Gasteiger partial charge in [-0.15, -0.1) is 0 Å². The van der Waals surface area contributed by atoms with Crippen LogP contribution in [0.4, 0.5) is 0 Å². The van der Waals surface area contributed by atoms with Crippen molar-refractivity contribution in [3.8, 4) is 0 Å². The number of hydrogen-bond acceptors (Lipinski definition) is 2. The second-order valence-corrected chi connectivity index (χ2v) is 7.40. The number of nitrogens with zero attached hydrogens (tertiary/aromatic N) is 2. The van der Waals surface area contributed by atoms with Gasteiger partial charge < -0.3 is 11.5 Å². The molecule has 0 aliphatic carbocycles. The van der Waals surface area contributed by atoms with Crippen LogP contribution in [-0.2, 0) is 13.1 Å². The average molecular weight is 548 g/mol. The molecule has 2 aromatic rings. The molecule has 6 N–H and O–H groups in total. The van der Waals surface area contributed by atoms with Crippen LogP contribution in [0.3, 0.4) is 0 Å². The smallest absolute Gasteiger partial charge is 0.208 e. The molecule has 0 bridgehead atoms. The minimum absolute atomic E-state index is 0.251. The summed E-state index contributed by atoms with van der Waals surface area (Å²) in [6.45, 7) is 0.994. The molecule has 0 heterocycles. The molecule has 0 saturated carbocycles. The van der Waals surface area contributed by atoms with Gasteiger partial charge >= 0.3 is 0 Å². The highest BCUT2D eigenvalue weighted by Crippen LogP contribution is 2.09. The second-order valence-electron chi connectivity index (χ2n) is 4.91. The van der Waals surface area contributed by atoms with E-state index in [9.17, 15) is 0 Å². The van der Waals surface area contributed by atoms with E-state index in [4.69, 9.17) is 11.5 Å². The molecule has 0 aromatic heterocycles. The van der Waals surface area contributed by atoms with E-state index in [1.165, 1.54) is 0 Å². The van der Waals surface area contributed by atoms with Gasteiger partial charge in [0.1, 0.15) is 0 Å². The molecule has 126 valence electrons. The lowest BCUT2D eigenvalue weighted by atomic mass is 10.2. The SMILES string of the molecule is NC(=NCc1cccc(I)c1)NNC(N)=NCc1cccc(I)c1. The van der Waals surface area contributed by atoms with E-state index >= 15 is 0 Å².